The molecule has 1 rings (SSSR count). The quantitative estimate of drug-likeness (QED) is 0.735. The van der Waals surface area contributed by atoms with Gasteiger partial charge in [0, 0.05) is 6.04 Å². The second-order valence-electron chi connectivity index (χ2n) is 4.53. The second-order valence-corrected chi connectivity index (χ2v) is 4.53. The predicted octanol–water partition coefficient (Wildman–Crippen LogP) is 2.58. The molecule has 0 bridgehead atoms. The zero-order chi connectivity index (χ0) is 10.6. The van der Waals surface area contributed by atoms with E-state index in [1.165, 1.54) is 19.3 Å². The molecule has 1 N–H and O–H groups in total. The molecule has 0 aromatic rings. The maximum atomic E-state index is 5.94. The average molecular weight is 199 g/mol. The molecule has 2 heteroatoms. The van der Waals surface area contributed by atoms with Crippen molar-refractivity contribution >= 4 is 0 Å². The summed E-state index contributed by atoms with van der Waals surface area (Å²) in [4.78, 5) is 0. The number of ether oxygens (including phenoxy) is 1. The summed E-state index contributed by atoms with van der Waals surface area (Å²) in [6.07, 6.45) is 4.59. The van der Waals surface area contributed by atoms with Crippen LogP contribution >= 0.6 is 0 Å². The first-order valence-electron chi connectivity index (χ1n) is 6.07. The summed E-state index contributed by atoms with van der Waals surface area (Å²) in [5.74, 6) is 0.713. The Morgan fingerprint density at radius 2 is 2.07 bits per heavy atom. The molecule has 1 saturated heterocycles. The van der Waals surface area contributed by atoms with Gasteiger partial charge in [0.05, 0.1) is 12.2 Å². The van der Waals surface area contributed by atoms with Crippen molar-refractivity contribution in [2.45, 2.75) is 65.2 Å². The van der Waals surface area contributed by atoms with Gasteiger partial charge in [-0.1, -0.05) is 27.2 Å². The van der Waals surface area contributed by atoms with Crippen LogP contribution in [0.5, 0.6) is 0 Å². The number of rotatable bonds is 5. The Morgan fingerprint density at radius 1 is 1.36 bits per heavy atom. The van der Waals surface area contributed by atoms with Crippen LogP contribution in [0, 0.1) is 5.92 Å². The molecule has 84 valence electrons. The van der Waals surface area contributed by atoms with E-state index in [0.717, 1.165) is 6.54 Å². The summed E-state index contributed by atoms with van der Waals surface area (Å²) in [5.41, 5.74) is 0. The third-order valence-electron chi connectivity index (χ3n) is 3.36. The first-order valence-corrected chi connectivity index (χ1v) is 6.07. The van der Waals surface area contributed by atoms with Crippen molar-refractivity contribution in [1.82, 2.24) is 5.32 Å². The van der Waals surface area contributed by atoms with Gasteiger partial charge in [0.2, 0.25) is 0 Å². The van der Waals surface area contributed by atoms with Crippen molar-refractivity contribution in [3.8, 4) is 0 Å². The highest BCUT2D eigenvalue weighted by molar-refractivity contribution is 4.85. The molecular weight excluding hydrogens is 174 g/mol. The van der Waals surface area contributed by atoms with Crippen LogP contribution in [0.15, 0.2) is 0 Å². The SMILES string of the molecule is CCNC(C(C)CC)C1CCC(C)O1. The predicted molar refractivity (Wildman–Crippen MR) is 60.5 cm³/mol. The molecule has 1 fully saturated rings. The minimum atomic E-state index is 0.444. The molecule has 1 aliphatic heterocycles. The van der Waals surface area contributed by atoms with E-state index in [2.05, 4.69) is 33.0 Å². The van der Waals surface area contributed by atoms with Gasteiger partial charge in [-0.2, -0.15) is 0 Å². The lowest BCUT2D eigenvalue weighted by molar-refractivity contribution is 0.0191. The van der Waals surface area contributed by atoms with E-state index in [0.29, 0.717) is 24.2 Å². The minimum absolute atomic E-state index is 0.444. The van der Waals surface area contributed by atoms with Crippen molar-refractivity contribution in [3.05, 3.63) is 0 Å². The van der Waals surface area contributed by atoms with Crippen LogP contribution in [0.25, 0.3) is 0 Å². The molecule has 0 radical (unpaired) electrons. The summed E-state index contributed by atoms with van der Waals surface area (Å²) >= 11 is 0. The van der Waals surface area contributed by atoms with E-state index in [-0.39, 0.29) is 0 Å². The topological polar surface area (TPSA) is 21.3 Å². The summed E-state index contributed by atoms with van der Waals surface area (Å²) < 4.78 is 5.94. The van der Waals surface area contributed by atoms with Crippen molar-refractivity contribution < 1.29 is 4.74 Å². The Bertz CT molecular complexity index is 160. The summed E-state index contributed by atoms with van der Waals surface area (Å²) in [7, 11) is 0. The van der Waals surface area contributed by atoms with E-state index in [9.17, 15) is 0 Å². The third kappa shape index (κ3) is 2.96. The number of hydrogen-bond donors (Lipinski definition) is 1. The van der Waals surface area contributed by atoms with Gasteiger partial charge >= 0.3 is 0 Å². The molecule has 0 aliphatic carbocycles. The van der Waals surface area contributed by atoms with Crippen LogP contribution in [0.2, 0.25) is 0 Å². The van der Waals surface area contributed by atoms with E-state index in [1.54, 1.807) is 0 Å². The smallest absolute Gasteiger partial charge is 0.0735 e. The lowest BCUT2D eigenvalue weighted by Crippen LogP contribution is -2.44. The fraction of sp³-hybridized carbons (Fsp3) is 1.00. The van der Waals surface area contributed by atoms with Crippen LogP contribution in [-0.2, 0) is 4.74 Å². The molecule has 2 nitrogen and oxygen atoms in total. The normalized spacial score (nSPS) is 31.7. The molecule has 4 unspecified atom stereocenters. The molecule has 0 aromatic carbocycles. The average Bonchev–Trinajstić information content (AvgIpc) is 2.60. The van der Waals surface area contributed by atoms with E-state index < -0.39 is 0 Å². The number of nitrogens with one attached hydrogen (secondary N) is 1. The van der Waals surface area contributed by atoms with Crippen LogP contribution in [-0.4, -0.2) is 24.8 Å². The first kappa shape index (κ1) is 12.0. The Balaban J connectivity index is 2.49. The molecule has 14 heavy (non-hydrogen) atoms. The fourth-order valence-corrected chi connectivity index (χ4v) is 2.29. The Hall–Kier alpha value is -0.0800. The molecule has 0 aromatic heterocycles. The Labute approximate surface area is 88.4 Å². The first-order chi connectivity index (χ1) is 6.69. The largest absolute Gasteiger partial charge is 0.374 e. The van der Waals surface area contributed by atoms with Crippen LogP contribution < -0.4 is 5.32 Å². The number of likely N-dealkylation sites (N-methyl/N-ethyl adjacent to an activating group) is 1. The minimum Gasteiger partial charge on any atom is -0.374 e. The summed E-state index contributed by atoms with van der Waals surface area (Å²) in [6.45, 7) is 9.98. The van der Waals surface area contributed by atoms with Crippen LogP contribution in [0.3, 0.4) is 0 Å². The summed E-state index contributed by atoms with van der Waals surface area (Å²) in [5, 5.41) is 3.57. The van der Waals surface area contributed by atoms with E-state index in [4.69, 9.17) is 4.74 Å². The second kappa shape index (κ2) is 5.72. The Kier molecular flexibility index (Phi) is 4.90. The van der Waals surface area contributed by atoms with Crippen LogP contribution in [0.1, 0.15) is 47.0 Å². The van der Waals surface area contributed by atoms with Gasteiger partial charge in [-0.15, -0.1) is 0 Å². The van der Waals surface area contributed by atoms with Gasteiger partial charge in [0.15, 0.2) is 0 Å². The van der Waals surface area contributed by atoms with Crippen molar-refractivity contribution in [3.63, 3.8) is 0 Å². The van der Waals surface area contributed by atoms with Gasteiger partial charge in [0.1, 0.15) is 0 Å². The van der Waals surface area contributed by atoms with Crippen molar-refractivity contribution in [2.75, 3.05) is 6.54 Å². The molecule has 1 aliphatic rings. The zero-order valence-electron chi connectivity index (χ0n) is 10.0. The summed E-state index contributed by atoms with van der Waals surface area (Å²) in [6, 6.07) is 0.551. The van der Waals surface area contributed by atoms with E-state index >= 15 is 0 Å². The Morgan fingerprint density at radius 3 is 2.50 bits per heavy atom. The van der Waals surface area contributed by atoms with Gasteiger partial charge < -0.3 is 10.1 Å². The van der Waals surface area contributed by atoms with E-state index in [1.807, 2.05) is 0 Å². The van der Waals surface area contributed by atoms with Gasteiger partial charge in [0.25, 0.3) is 0 Å². The zero-order valence-corrected chi connectivity index (χ0v) is 10.0. The van der Waals surface area contributed by atoms with Crippen LogP contribution in [0.4, 0.5) is 0 Å². The van der Waals surface area contributed by atoms with Crippen molar-refractivity contribution in [2.24, 2.45) is 5.92 Å². The fourth-order valence-electron chi connectivity index (χ4n) is 2.29. The molecule has 0 saturated carbocycles. The van der Waals surface area contributed by atoms with Gasteiger partial charge in [-0.05, 0) is 32.2 Å². The van der Waals surface area contributed by atoms with Gasteiger partial charge in [-0.3, -0.25) is 0 Å². The molecular formula is C12H25NO. The molecule has 4 atom stereocenters. The third-order valence-corrected chi connectivity index (χ3v) is 3.36. The lowest BCUT2D eigenvalue weighted by atomic mass is 9.93. The van der Waals surface area contributed by atoms with Gasteiger partial charge in [-0.25, -0.2) is 0 Å². The molecule has 1 heterocycles. The highest BCUT2D eigenvalue weighted by atomic mass is 16.5. The maximum absolute atomic E-state index is 5.94. The lowest BCUT2D eigenvalue weighted by Gasteiger charge is -2.29. The molecule has 0 spiro atoms. The number of hydrogen-bond acceptors (Lipinski definition) is 2. The molecule has 0 amide bonds. The highest BCUT2D eigenvalue weighted by Crippen LogP contribution is 2.26. The highest BCUT2D eigenvalue weighted by Gasteiger charge is 2.31. The standard InChI is InChI=1S/C12H25NO/c1-5-9(3)12(13-6-2)11-8-7-10(4)14-11/h9-13H,5-8H2,1-4H3. The van der Waals surface area contributed by atoms with Crippen molar-refractivity contribution in [1.29, 1.82) is 0 Å². The maximum Gasteiger partial charge on any atom is 0.0735 e. The monoisotopic (exact) mass is 199 g/mol.